The van der Waals surface area contributed by atoms with Gasteiger partial charge in [0, 0.05) is 10.6 Å². The number of aromatic hydroxyl groups is 1. The molecular weight excluding hydrogens is 455 g/mol. The first-order valence-corrected chi connectivity index (χ1v) is 11.0. The zero-order chi connectivity index (χ0) is 21.1. The Morgan fingerprint density at radius 2 is 1.93 bits per heavy atom. The highest BCUT2D eigenvalue weighted by molar-refractivity contribution is 8.18. The van der Waals surface area contributed by atoms with Crippen LogP contribution in [0.15, 0.2) is 46.2 Å². The topological polar surface area (TPSA) is 86.7 Å². The Balaban J connectivity index is 1.72. The average Bonchev–Trinajstić information content (AvgIpc) is 2.93. The van der Waals surface area contributed by atoms with Gasteiger partial charge in [-0.2, -0.15) is 0 Å². The van der Waals surface area contributed by atoms with E-state index in [-0.39, 0.29) is 20.7 Å². The van der Waals surface area contributed by atoms with E-state index in [0.29, 0.717) is 23.0 Å². The number of amides is 3. The second-order valence-electron chi connectivity index (χ2n) is 5.88. The highest BCUT2D eigenvalue weighted by atomic mass is 35.5. The summed E-state index contributed by atoms with van der Waals surface area (Å²) in [6.45, 7) is -0.400. The van der Waals surface area contributed by atoms with Crippen molar-refractivity contribution in [1.82, 2.24) is 4.90 Å². The van der Waals surface area contributed by atoms with Crippen LogP contribution in [0, 0.1) is 0 Å². The molecule has 0 atom stereocenters. The van der Waals surface area contributed by atoms with E-state index in [1.165, 1.54) is 30.0 Å². The maximum atomic E-state index is 12.6. The Bertz CT molecular complexity index is 1020. The van der Waals surface area contributed by atoms with Gasteiger partial charge in [0.05, 0.1) is 15.0 Å². The zero-order valence-electron chi connectivity index (χ0n) is 14.9. The monoisotopic (exact) mass is 468 g/mol. The standard InChI is InChI=1S/C19H14Cl2N2O4S2/c1-28-12-4-2-3-11(8-12)22-16(24)9-23-18(26)15(29-19(23)27)7-10-5-13(20)17(25)14(21)6-10/h2-8,25H,9H2,1H3,(H,22,24)/b15-7-. The molecule has 0 saturated carbocycles. The van der Waals surface area contributed by atoms with Gasteiger partial charge in [-0.1, -0.05) is 29.3 Å². The summed E-state index contributed by atoms with van der Waals surface area (Å²) in [5.41, 5.74) is 1.03. The number of halogens is 2. The Kier molecular flexibility index (Phi) is 6.79. The lowest BCUT2D eigenvalue weighted by molar-refractivity contribution is -0.127. The summed E-state index contributed by atoms with van der Waals surface area (Å²) in [5.74, 6) is -1.34. The number of nitrogens with one attached hydrogen (secondary N) is 1. The van der Waals surface area contributed by atoms with Crippen LogP contribution in [-0.4, -0.2) is 39.9 Å². The first-order chi connectivity index (χ1) is 13.8. The molecule has 1 fully saturated rings. The van der Waals surface area contributed by atoms with Crippen LogP contribution in [0.25, 0.3) is 6.08 Å². The molecule has 10 heteroatoms. The number of imide groups is 1. The van der Waals surface area contributed by atoms with Crippen LogP contribution >= 0.6 is 46.7 Å². The second kappa shape index (κ2) is 9.13. The van der Waals surface area contributed by atoms with E-state index in [1.807, 2.05) is 12.3 Å². The molecule has 0 bridgehead atoms. The van der Waals surface area contributed by atoms with Gasteiger partial charge < -0.3 is 10.4 Å². The lowest BCUT2D eigenvalue weighted by atomic mass is 10.2. The van der Waals surface area contributed by atoms with Crippen molar-refractivity contribution in [3.05, 3.63) is 56.9 Å². The molecular formula is C19H14Cl2N2O4S2. The molecule has 150 valence electrons. The normalized spacial score (nSPS) is 15.3. The average molecular weight is 469 g/mol. The number of hydrogen-bond donors (Lipinski definition) is 2. The van der Waals surface area contributed by atoms with Crippen molar-refractivity contribution >= 4 is 75.5 Å². The molecule has 1 aliphatic rings. The molecule has 29 heavy (non-hydrogen) atoms. The van der Waals surface area contributed by atoms with Crippen molar-refractivity contribution in [2.75, 3.05) is 18.1 Å². The highest BCUT2D eigenvalue weighted by Crippen LogP contribution is 2.36. The van der Waals surface area contributed by atoms with Gasteiger partial charge in [0.2, 0.25) is 5.91 Å². The molecule has 0 spiro atoms. The number of carbonyl (C=O) groups excluding carboxylic acids is 3. The Morgan fingerprint density at radius 3 is 2.59 bits per heavy atom. The van der Waals surface area contributed by atoms with Gasteiger partial charge in [0.25, 0.3) is 11.1 Å². The number of hydrogen-bond acceptors (Lipinski definition) is 6. The van der Waals surface area contributed by atoms with E-state index in [9.17, 15) is 19.5 Å². The third-order valence-corrected chi connectivity index (χ3v) is 6.07. The number of carbonyl (C=O) groups is 3. The predicted molar refractivity (Wildman–Crippen MR) is 118 cm³/mol. The lowest BCUT2D eigenvalue weighted by Gasteiger charge is -2.12. The number of benzene rings is 2. The van der Waals surface area contributed by atoms with Gasteiger partial charge >= 0.3 is 0 Å². The van der Waals surface area contributed by atoms with E-state index in [1.54, 1.807) is 18.2 Å². The number of thioether (sulfide) groups is 2. The van der Waals surface area contributed by atoms with E-state index >= 15 is 0 Å². The molecule has 0 aromatic heterocycles. The summed E-state index contributed by atoms with van der Waals surface area (Å²) >= 11 is 14.0. The van der Waals surface area contributed by atoms with E-state index < -0.39 is 23.6 Å². The first-order valence-electron chi connectivity index (χ1n) is 8.15. The summed E-state index contributed by atoms with van der Waals surface area (Å²) in [7, 11) is 0. The number of nitrogens with zero attached hydrogens (tertiary/aromatic N) is 1. The molecule has 0 radical (unpaired) electrons. The van der Waals surface area contributed by atoms with E-state index in [2.05, 4.69) is 5.32 Å². The van der Waals surface area contributed by atoms with Crippen molar-refractivity contribution in [3.63, 3.8) is 0 Å². The van der Waals surface area contributed by atoms with Gasteiger partial charge in [-0.15, -0.1) is 11.8 Å². The van der Waals surface area contributed by atoms with Gasteiger partial charge in [-0.3, -0.25) is 19.3 Å². The smallest absolute Gasteiger partial charge is 0.294 e. The number of phenolic OH excluding ortho intramolecular Hbond substituents is 1. The van der Waals surface area contributed by atoms with Crippen LogP contribution in [0.4, 0.5) is 10.5 Å². The Hall–Kier alpha value is -2.13. The lowest BCUT2D eigenvalue weighted by Crippen LogP contribution is -2.36. The first kappa shape index (κ1) is 21.6. The minimum absolute atomic E-state index is 0.0230. The van der Waals surface area contributed by atoms with Crippen molar-refractivity contribution < 1.29 is 19.5 Å². The van der Waals surface area contributed by atoms with Crippen molar-refractivity contribution in [2.24, 2.45) is 0 Å². The van der Waals surface area contributed by atoms with Crippen molar-refractivity contribution in [2.45, 2.75) is 4.90 Å². The molecule has 2 aromatic carbocycles. The summed E-state index contributed by atoms with van der Waals surface area (Å²) in [4.78, 5) is 39.0. The van der Waals surface area contributed by atoms with Crippen LogP contribution < -0.4 is 5.32 Å². The van der Waals surface area contributed by atoms with Crippen molar-refractivity contribution in [1.29, 1.82) is 0 Å². The van der Waals surface area contributed by atoms with Gasteiger partial charge in [-0.25, -0.2) is 0 Å². The Labute approximate surface area is 185 Å². The second-order valence-corrected chi connectivity index (χ2v) is 8.57. The molecule has 2 N–H and O–H groups in total. The zero-order valence-corrected chi connectivity index (χ0v) is 18.1. The van der Waals surface area contributed by atoms with Crippen LogP contribution in [-0.2, 0) is 9.59 Å². The largest absolute Gasteiger partial charge is 0.505 e. The van der Waals surface area contributed by atoms with Gasteiger partial charge in [0.1, 0.15) is 6.54 Å². The van der Waals surface area contributed by atoms with Crippen molar-refractivity contribution in [3.8, 4) is 5.75 Å². The molecule has 6 nitrogen and oxygen atoms in total. The fourth-order valence-electron chi connectivity index (χ4n) is 2.50. The summed E-state index contributed by atoms with van der Waals surface area (Å²) in [6.07, 6.45) is 3.35. The molecule has 1 saturated heterocycles. The highest BCUT2D eigenvalue weighted by Gasteiger charge is 2.36. The van der Waals surface area contributed by atoms with Crippen LogP contribution in [0.1, 0.15) is 5.56 Å². The number of rotatable bonds is 5. The molecule has 1 heterocycles. The fraction of sp³-hybridized carbons (Fsp3) is 0.105. The molecule has 0 unspecified atom stereocenters. The quantitative estimate of drug-likeness (QED) is 0.468. The molecule has 3 amide bonds. The third-order valence-electron chi connectivity index (χ3n) is 3.87. The molecule has 1 aliphatic heterocycles. The summed E-state index contributed by atoms with van der Waals surface area (Å²) in [6, 6.07) is 10.1. The van der Waals surface area contributed by atoms with Crippen LogP contribution in [0.5, 0.6) is 5.75 Å². The van der Waals surface area contributed by atoms with E-state index in [4.69, 9.17) is 23.2 Å². The maximum absolute atomic E-state index is 12.6. The van der Waals surface area contributed by atoms with E-state index in [0.717, 1.165) is 9.80 Å². The van der Waals surface area contributed by atoms with Crippen LogP contribution in [0.3, 0.4) is 0 Å². The fourth-order valence-corrected chi connectivity index (χ4v) is 4.30. The summed E-state index contributed by atoms with van der Waals surface area (Å²) < 4.78 is 0. The third kappa shape index (κ3) is 5.08. The molecule has 3 rings (SSSR count). The van der Waals surface area contributed by atoms with Crippen LogP contribution in [0.2, 0.25) is 10.0 Å². The number of phenols is 1. The number of anilines is 1. The summed E-state index contributed by atoms with van der Waals surface area (Å²) in [5, 5.41) is 11.8. The van der Waals surface area contributed by atoms with Gasteiger partial charge in [-0.05, 0) is 60.0 Å². The predicted octanol–water partition coefficient (Wildman–Crippen LogP) is 5.10. The molecule has 2 aromatic rings. The Morgan fingerprint density at radius 1 is 1.24 bits per heavy atom. The molecule has 0 aliphatic carbocycles. The SMILES string of the molecule is CSc1cccc(NC(=O)CN2C(=O)S/C(=C\c3cc(Cl)c(O)c(Cl)c3)C2=O)c1. The van der Waals surface area contributed by atoms with Gasteiger partial charge in [0.15, 0.2) is 5.75 Å². The maximum Gasteiger partial charge on any atom is 0.294 e. The minimum Gasteiger partial charge on any atom is -0.505 e. The minimum atomic E-state index is -0.590.